The summed E-state index contributed by atoms with van der Waals surface area (Å²) < 4.78 is 21.2. The van der Waals surface area contributed by atoms with Crippen molar-refractivity contribution in [2.75, 3.05) is 13.1 Å². The maximum Gasteiger partial charge on any atom is 0.136 e. The molecule has 0 radical (unpaired) electrons. The van der Waals surface area contributed by atoms with E-state index in [9.17, 15) is 9.50 Å². The van der Waals surface area contributed by atoms with Crippen molar-refractivity contribution in [3.05, 3.63) is 66.4 Å². The third-order valence-corrected chi connectivity index (χ3v) is 6.14. The van der Waals surface area contributed by atoms with Crippen molar-refractivity contribution in [1.29, 1.82) is 0 Å². The fraction of sp³-hybridized carbons (Fsp3) is 0.409. The maximum absolute atomic E-state index is 13.1. The highest BCUT2D eigenvalue weighted by Crippen LogP contribution is 2.38. The van der Waals surface area contributed by atoms with E-state index in [1.807, 2.05) is 24.4 Å². The zero-order valence-corrected chi connectivity index (χ0v) is 15.6. The molecule has 146 valence electrons. The Morgan fingerprint density at radius 3 is 2.68 bits per heavy atom. The van der Waals surface area contributed by atoms with Crippen LogP contribution in [0.1, 0.15) is 18.5 Å². The largest absolute Gasteiger partial charge is 0.488 e. The molecule has 1 aliphatic heterocycles. The second-order valence-electron chi connectivity index (χ2n) is 8.04. The molecule has 3 aromatic rings. The Labute approximate surface area is 163 Å². The van der Waals surface area contributed by atoms with E-state index in [0.29, 0.717) is 17.6 Å². The number of aromatic nitrogens is 2. The van der Waals surface area contributed by atoms with Gasteiger partial charge in [-0.3, -0.25) is 4.90 Å². The summed E-state index contributed by atoms with van der Waals surface area (Å²) in [4.78, 5) is 6.94. The summed E-state index contributed by atoms with van der Waals surface area (Å²) in [6.07, 6.45) is 4.86. The molecule has 6 heteroatoms. The first kappa shape index (κ1) is 17.6. The molecule has 1 aromatic carbocycles. The van der Waals surface area contributed by atoms with Gasteiger partial charge in [-0.25, -0.2) is 9.37 Å². The van der Waals surface area contributed by atoms with Crippen molar-refractivity contribution in [2.24, 2.45) is 11.8 Å². The zero-order chi connectivity index (χ0) is 19.1. The number of fused-ring (bicyclic) bond motifs is 2. The monoisotopic (exact) mass is 381 g/mol. The Kier molecular flexibility index (Phi) is 4.53. The first-order chi connectivity index (χ1) is 13.7. The second kappa shape index (κ2) is 7.18. The van der Waals surface area contributed by atoms with Crippen molar-refractivity contribution in [3.8, 4) is 5.75 Å². The third kappa shape index (κ3) is 3.38. The summed E-state index contributed by atoms with van der Waals surface area (Å²) in [6.45, 7) is 2.85. The smallest absolute Gasteiger partial charge is 0.136 e. The number of hydrogen-bond donors (Lipinski definition) is 1. The average Bonchev–Trinajstić information content (AvgIpc) is 3.28. The summed E-state index contributed by atoms with van der Waals surface area (Å²) in [7, 11) is 0. The highest BCUT2D eigenvalue weighted by molar-refractivity contribution is 5.39. The Morgan fingerprint density at radius 2 is 1.86 bits per heavy atom. The lowest BCUT2D eigenvalue weighted by molar-refractivity contribution is -0.0231. The molecule has 4 atom stereocenters. The van der Waals surface area contributed by atoms with Crippen molar-refractivity contribution in [1.82, 2.24) is 14.3 Å². The second-order valence-corrected chi connectivity index (χ2v) is 8.04. The van der Waals surface area contributed by atoms with E-state index >= 15 is 0 Å². The lowest BCUT2D eigenvalue weighted by atomic mass is 9.78. The minimum atomic E-state index is -0.484. The first-order valence-electron chi connectivity index (χ1n) is 9.89. The summed E-state index contributed by atoms with van der Waals surface area (Å²) in [6, 6.07) is 12.1. The first-order valence-corrected chi connectivity index (χ1v) is 9.89. The number of halogens is 1. The van der Waals surface area contributed by atoms with Gasteiger partial charge in [0, 0.05) is 25.8 Å². The molecule has 3 heterocycles. The molecule has 1 saturated carbocycles. The van der Waals surface area contributed by atoms with Gasteiger partial charge in [0.2, 0.25) is 0 Å². The van der Waals surface area contributed by atoms with Crippen LogP contribution < -0.4 is 4.74 Å². The Hall–Kier alpha value is -2.44. The SMILES string of the molecule is O[C@@H]1C[C@H]2CN(Cc3cnc4ccccn34)C[C@H]2C[C@H]1Oc1ccc(F)cc1. The number of ether oxygens (including phenoxy) is 1. The van der Waals surface area contributed by atoms with Gasteiger partial charge in [0.1, 0.15) is 23.3 Å². The molecule has 28 heavy (non-hydrogen) atoms. The number of pyridine rings is 1. The van der Waals surface area contributed by atoms with Crippen LogP contribution in [0.15, 0.2) is 54.9 Å². The lowest BCUT2D eigenvalue weighted by Crippen LogP contribution is -2.42. The number of benzene rings is 1. The Morgan fingerprint density at radius 1 is 1.07 bits per heavy atom. The molecule has 2 aliphatic rings. The van der Waals surface area contributed by atoms with Gasteiger partial charge in [-0.1, -0.05) is 6.07 Å². The highest BCUT2D eigenvalue weighted by atomic mass is 19.1. The predicted molar refractivity (Wildman–Crippen MR) is 104 cm³/mol. The molecule has 1 aliphatic carbocycles. The van der Waals surface area contributed by atoms with E-state index in [1.165, 1.54) is 17.8 Å². The van der Waals surface area contributed by atoms with Gasteiger partial charge in [-0.15, -0.1) is 0 Å². The fourth-order valence-corrected chi connectivity index (χ4v) is 4.76. The summed E-state index contributed by atoms with van der Waals surface area (Å²) in [5.74, 6) is 1.33. The minimum absolute atomic E-state index is 0.234. The van der Waals surface area contributed by atoms with Gasteiger partial charge in [0.25, 0.3) is 0 Å². The van der Waals surface area contributed by atoms with E-state index < -0.39 is 6.10 Å². The van der Waals surface area contributed by atoms with E-state index in [2.05, 4.69) is 20.5 Å². The molecule has 0 spiro atoms. The Balaban J connectivity index is 1.25. The van der Waals surface area contributed by atoms with Crippen molar-refractivity contribution in [3.63, 3.8) is 0 Å². The summed E-state index contributed by atoms with van der Waals surface area (Å²) >= 11 is 0. The molecule has 2 aromatic heterocycles. The number of rotatable bonds is 4. The number of imidazole rings is 1. The van der Waals surface area contributed by atoms with Gasteiger partial charge in [-0.05, 0) is 61.1 Å². The van der Waals surface area contributed by atoms with Crippen LogP contribution in [0.3, 0.4) is 0 Å². The number of aliphatic hydroxyl groups excluding tert-OH is 1. The van der Waals surface area contributed by atoms with E-state index in [0.717, 1.165) is 38.1 Å². The summed E-state index contributed by atoms with van der Waals surface area (Å²) in [5, 5.41) is 10.6. The molecule has 1 N–H and O–H groups in total. The summed E-state index contributed by atoms with van der Waals surface area (Å²) in [5.41, 5.74) is 2.16. The van der Waals surface area contributed by atoms with Gasteiger partial charge in [0.15, 0.2) is 0 Å². The maximum atomic E-state index is 13.1. The van der Waals surface area contributed by atoms with E-state index in [1.54, 1.807) is 12.1 Å². The zero-order valence-electron chi connectivity index (χ0n) is 15.6. The molecule has 0 unspecified atom stereocenters. The van der Waals surface area contributed by atoms with Crippen LogP contribution in [0, 0.1) is 17.7 Å². The normalized spacial score (nSPS) is 27.8. The molecule has 0 bridgehead atoms. The molecule has 0 amide bonds. The third-order valence-electron chi connectivity index (χ3n) is 6.14. The van der Waals surface area contributed by atoms with Crippen molar-refractivity contribution in [2.45, 2.75) is 31.6 Å². The Bertz CT molecular complexity index is 958. The molecule has 2 fully saturated rings. The number of nitrogens with zero attached hydrogens (tertiary/aromatic N) is 3. The van der Waals surface area contributed by atoms with Crippen molar-refractivity contribution >= 4 is 5.65 Å². The van der Waals surface area contributed by atoms with E-state index in [4.69, 9.17) is 4.74 Å². The van der Waals surface area contributed by atoms with Gasteiger partial charge in [-0.2, -0.15) is 0 Å². The van der Waals surface area contributed by atoms with Crippen LogP contribution >= 0.6 is 0 Å². The lowest BCUT2D eigenvalue weighted by Gasteiger charge is -2.35. The highest BCUT2D eigenvalue weighted by Gasteiger charge is 2.42. The minimum Gasteiger partial charge on any atom is -0.488 e. The molecule has 5 rings (SSSR count). The predicted octanol–water partition coefficient (Wildman–Crippen LogP) is 3.12. The number of hydrogen-bond acceptors (Lipinski definition) is 4. The molecular weight excluding hydrogens is 357 g/mol. The fourth-order valence-electron chi connectivity index (χ4n) is 4.76. The van der Waals surface area contributed by atoms with Gasteiger partial charge >= 0.3 is 0 Å². The topological polar surface area (TPSA) is 50.0 Å². The van der Waals surface area contributed by atoms with E-state index in [-0.39, 0.29) is 11.9 Å². The van der Waals surface area contributed by atoms with Crippen LogP contribution in [-0.4, -0.2) is 44.7 Å². The molecule has 1 saturated heterocycles. The van der Waals surface area contributed by atoms with Crippen LogP contribution in [0.5, 0.6) is 5.75 Å². The quantitative estimate of drug-likeness (QED) is 0.754. The van der Waals surface area contributed by atoms with Gasteiger partial charge in [0.05, 0.1) is 18.0 Å². The number of aliphatic hydroxyl groups is 1. The van der Waals surface area contributed by atoms with Crippen molar-refractivity contribution < 1.29 is 14.2 Å². The average molecular weight is 381 g/mol. The van der Waals surface area contributed by atoms with Crippen LogP contribution in [-0.2, 0) is 6.54 Å². The van der Waals surface area contributed by atoms with Gasteiger partial charge < -0.3 is 14.2 Å². The van der Waals surface area contributed by atoms with Crippen LogP contribution in [0.4, 0.5) is 4.39 Å². The van der Waals surface area contributed by atoms with Crippen LogP contribution in [0.2, 0.25) is 0 Å². The standard InChI is InChI=1S/C22H24FN3O2/c23-17-4-6-19(7-5-17)28-21-10-16-13-25(12-15(16)9-20(21)27)14-18-11-24-22-3-1-2-8-26(18)22/h1-8,11,15-16,20-21,27H,9-10,12-14H2/t15-,16+,20+,21+/m0/s1. The van der Waals surface area contributed by atoms with Crippen LogP contribution in [0.25, 0.3) is 5.65 Å². The molecule has 5 nitrogen and oxygen atoms in total. The molecular formula is C22H24FN3O2. The number of likely N-dealkylation sites (tertiary alicyclic amines) is 1.